The van der Waals surface area contributed by atoms with Crippen LogP contribution in [0.2, 0.25) is 0 Å². The van der Waals surface area contributed by atoms with Gasteiger partial charge in [-0.15, -0.1) is 0 Å². The van der Waals surface area contributed by atoms with Crippen LogP contribution < -0.4 is 0 Å². The van der Waals surface area contributed by atoms with E-state index < -0.39 is 0 Å². The van der Waals surface area contributed by atoms with E-state index in [1.807, 2.05) is 0 Å². The lowest BCUT2D eigenvalue weighted by Crippen LogP contribution is -1.98. The number of rotatable bonds is 5. The largest absolute Gasteiger partial charge is 0.313 e. The van der Waals surface area contributed by atoms with Gasteiger partial charge in [-0.3, -0.25) is 0 Å². The van der Waals surface area contributed by atoms with Crippen molar-refractivity contribution in [3.63, 3.8) is 0 Å². The number of para-hydroxylation sites is 3. The summed E-state index contributed by atoms with van der Waals surface area (Å²) in [5, 5.41) is 10.2. The van der Waals surface area contributed by atoms with Crippen LogP contribution in [0.1, 0.15) is 22.5 Å². The summed E-state index contributed by atoms with van der Waals surface area (Å²) in [6, 6.07) is 52.7. The summed E-state index contributed by atoms with van der Waals surface area (Å²) >= 11 is 0. The fourth-order valence-electron chi connectivity index (χ4n) is 8.50. The number of hydrogen-bond acceptors (Lipinski definition) is 0. The summed E-state index contributed by atoms with van der Waals surface area (Å²) in [6.07, 6.45) is 12.1. The van der Waals surface area contributed by atoms with Gasteiger partial charge in [0.05, 0.1) is 16.7 Å². The molecule has 2 heterocycles. The third-order valence-electron chi connectivity index (χ3n) is 10.9. The molecular formula is C50H36N2. The molecule has 0 unspecified atom stereocenters. The molecule has 0 atom stereocenters. The highest BCUT2D eigenvalue weighted by atomic mass is 15.0. The Balaban J connectivity index is 1.09. The van der Waals surface area contributed by atoms with E-state index >= 15 is 0 Å². The second kappa shape index (κ2) is 12.0. The molecule has 2 aromatic heterocycles. The van der Waals surface area contributed by atoms with E-state index in [1.54, 1.807) is 0 Å². The van der Waals surface area contributed by atoms with E-state index in [2.05, 4.69) is 199 Å². The highest BCUT2D eigenvalue weighted by Crippen LogP contribution is 2.39. The Bertz CT molecular complexity index is 2960. The molecule has 0 amide bonds. The van der Waals surface area contributed by atoms with Crippen LogP contribution >= 0.6 is 0 Å². The lowest BCUT2D eigenvalue weighted by molar-refractivity contribution is 1.05. The van der Waals surface area contributed by atoms with Crippen molar-refractivity contribution in [3.05, 3.63) is 204 Å². The monoisotopic (exact) mass is 664 g/mol. The molecule has 1 aliphatic rings. The summed E-state index contributed by atoms with van der Waals surface area (Å²) in [4.78, 5) is 0. The van der Waals surface area contributed by atoms with Crippen molar-refractivity contribution in [3.8, 4) is 11.4 Å². The van der Waals surface area contributed by atoms with Crippen molar-refractivity contribution in [2.75, 3.05) is 0 Å². The molecule has 0 saturated heterocycles. The van der Waals surface area contributed by atoms with Crippen LogP contribution in [0, 0.1) is 6.92 Å². The molecular weight excluding hydrogens is 629 g/mol. The molecule has 0 fully saturated rings. The lowest BCUT2D eigenvalue weighted by Gasteiger charge is -2.14. The zero-order chi connectivity index (χ0) is 34.8. The van der Waals surface area contributed by atoms with Crippen LogP contribution in [0.3, 0.4) is 0 Å². The topological polar surface area (TPSA) is 9.86 Å². The van der Waals surface area contributed by atoms with Gasteiger partial charge in [-0.2, -0.15) is 0 Å². The molecule has 0 aliphatic heterocycles. The first-order chi connectivity index (χ1) is 25.7. The minimum atomic E-state index is 0.871. The van der Waals surface area contributed by atoms with Crippen molar-refractivity contribution >= 4 is 66.3 Å². The van der Waals surface area contributed by atoms with E-state index in [-0.39, 0.29) is 0 Å². The Morgan fingerprint density at radius 2 is 1.12 bits per heavy atom. The van der Waals surface area contributed by atoms with Crippen molar-refractivity contribution < 1.29 is 0 Å². The highest BCUT2D eigenvalue weighted by Gasteiger charge is 2.19. The van der Waals surface area contributed by atoms with Crippen molar-refractivity contribution in [1.82, 2.24) is 9.13 Å². The summed E-state index contributed by atoms with van der Waals surface area (Å²) in [6.45, 7) is 6.84. The molecule has 0 spiro atoms. The van der Waals surface area contributed by atoms with Gasteiger partial charge in [-0.1, -0.05) is 140 Å². The first-order valence-electron chi connectivity index (χ1n) is 18.0. The molecule has 52 heavy (non-hydrogen) atoms. The van der Waals surface area contributed by atoms with Gasteiger partial charge in [0.2, 0.25) is 0 Å². The molecule has 1 aliphatic carbocycles. The number of aromatic nitrogens is 2. The smallest absolute Gasteiger partial charge is 0.0537 e. The van der Waals surface area contributed by atoms with Gasteiger partial charge >= 0.3 is 0 Å². The number of nitrogens with zero attached hydrogens (tertiary/aromatic N) is 2. The fourth-order valence-corrected chi connectivity index (χ4v) is 8.50. The fraction of sp³-hybridized carbons (Fsp3) is 0.0400. The van der Waals surface area contributed by atoms with Gasteiger partial charge in [0, 0.05) is 33.4 Å². The van der Waals surface area contributed by atoms with E-state index in [4.69, 9.17) is 0 Å². The molecule has 2 heteroatoms. The van der Waals surface area contributed by atoms with Crippen LogP contribution in [-0.4, -0.2) is 9.13 Å². The maximum Gasteiger partial charge on any atom is 0.0537 e. The third kappa shape index (κ3) is 4.65. The Kier molecular flexibility index (Phi) is 6.97. The second-order valence-corrected chi connectivity index (χ2v) is 13.8. The minimum absolute atomic E-state index is 0.871. The Hall–Kier alpha value is -6.64. The van der Waals surface area contributed by atoms with Gasteiger partial charge in [-0.25, -0.2) is 0 Å². The summed E-state index contributed by atoms with van der Waals surface area (Å²) in [5.74, 6) is 0. The molecule has 7 aromatic carbocycles. The summed E-state index contributed by atoms with van der Waals surface area (Å²) in [5.41, 5.74) is 11.8. The highest BCUT2D eigenvalue weighted by molar-refractivity contribution is 6.25. The molecule has 246 valence electrons. The Labute approximate surface area is 303 Å². The van der Waals surface area contributed by atoms with E-state index in [9.17, 15) is 0 Å². The van der Waals surface area contributed by atoms with Gasteiger partial charge < -0.3 is 9.13 Å². The molecule has 0 bridgehead atoms. The Morgan fingerprint density at radius 1 is 0.558 bits per heavy atom. The number of fused-ring (bicyclic) bond motifs is 10. The van der Waals surface area contributed by atoms with Crippen LogP contribution in [-0.2, 0) is 6.42 Å². The van der Waals surface area contributed by atoms with Crippen LogP contribution in [0.25, 0.3) is 77.7 Å². The van der Waals surface area contributed by atoms with E-state index in [0.717, 1.165) is 28.9 Å². The molecule has 10 rings (SSSR count). The van der Waals surface area contributed by atoms with Crippen molar-refractivity contribution in [2.45, 2.75) is 13.3 Å². The van der Waals surface area contributed by atoms with Gasteiger partial charge in [-0.05, 0) is 105 Å². The number of benzene rings is 7. The van der Waals surface area contributed by atoms with Gasteiger partial charge in [0.25, 0.3) is 0 Å². The summed E-state index contributed by atoms with van der Waals surface area (Å²) in [7, 11) is 0. The molecule has 0 radical (unpaired) electrons. The maximum absolute atomic E-state index is 4.60. The third-order valence-corrected chi connectivity index (χ3v) is 10.9. The first-order valence-corrected chi connectivity index (χ1v) is 18.0. The van der Waals surface area contributed by atoms with Crippen LogP contribution in [0.15, 0.2) is 182 Å². The quantitative estimate of drug-likeness (QED) is 0.128. The average molecular weight is 665 g/mol. The second-order valence-electron chi connectivity index (χ2n) is 13.8. The van der Waals surface area contributed by atoms with Crippen LogP contribution in [0.5, 0.6) is 0 Å². The van der Waals surface area contributed by atoms with E-state index in [0.29, 0.717) is 0 Å². The maximum atomic E-state index is 4.60. The number of hydrogen-bond donors (Lipinski definition) is 0. The first kappa shape index (κ1) is 30.2. The number of allylic oxidation sites excluding steroid dienone is 5. The lowest BCUT2D eigenvalue weighted by atomic mass is 9.94. The zero-order valence-electron chi connectivity index (χ0n) is 29.1. The minimum Gasteiger partial charge on any atom is -0.313 e. The van der Waals surface area contributed by atoms with E-state index in [1.165, 1.54) is 76.6 Å². The average Bonchev–Trinajstić information content (AvgIpc) is 3.55. The molecule has 2 nitrogen and oxygen atoms in total. The van der Waals surface area contributed by atoms with Gasteiger partial charge in [0.15, 0.2) is 0 Å². The predicted molar refractivity (Wildman–Crippen MR) is 223 cm³/mol. The van der Waals surface area contributed by atoms with Crippen molar-refractivity contribution in [2.24, 2.45) is 0 Å². The summed E-state index contributed by atoms with van der Waals surface area (Å²) < 4.78 is 4.80. The Morgan fingerprint density at radius 3 is 1.81 bits per heavy atom. The van der Waals surface area contributed by atoms with Crippen LogP contribution in [0.4, 0.5) is 0 Å². The SMILES string of the molecule is C=C(/C=C\c1c(C)n(-c2ccc3c4ccccc4c4ccccc4c3c2)c2ccccc12)C1=Cc2c(c3ccccc3n2-c2ccccc2)CC=C1. The molecule has 0 N–H and O–H groups in total. The zero-order valence-corrected chi connectivity index (χ0v) is 29.1. The normalized spacial score (nSPS) is 13.1. The predicted octanol–water partition coefficient (Wildman–Crippen LogP) is 13.1. The molecule has 0 saturated carbocycles. The standard InChI is InChI=1S/C50H36N2/c1-33(35-15-14-24-46-45-23-11-13-26-49(45)52(50(46)31-35)36-16-4-3-5-17-36)27-29-38-34(2)51(48-25-12-10-22-44(38)48)37-28-30-43-41-20-7-6-18-39(41)40-19-8-9-21-42(40)47(43)32-37/h3-23,25-32H,1,24H2,2H3/b29-27-. The van der Waals surface area contributed by atoms with Crippen molar-refractivity contribution in [1.29, 1.82) is 0 Å². The van der Waals surface area contributed by atoms with Gasteiger partial charge in [0.1, 0.15) is 0 Å². The molecule has 9 aromatic rings.